The van der Waals surface area contributed by atoms with Crippen molar-refractivity contribution in [1.82, 2.24) is 24.9 Å². The van der Waals surface area contributed by atoms with E-state index in [1.807, 2.05) is 13.0 Å². The lowest BCUT2D eigenvalue weighted by Crippen LogP contribution is -2.02. The molecule has 0 atom stereocenters. The number of hydrogen-bond donors (Lipinski definition) is 2. The molecule has 0 spiro atoms. The van der Waals surface area contributed by atoms with Gasteiger partial charge in [-0.15, -0.1) is 0 Å². The molecule has 0 aliphatic carbocycles. The molecule has 2 N–H and O–H groups in total. The monoisotopic (exact) mass is 424 g/mol. The van der Waals surface area contributed by atoms with E-state index in [-0.39, 0.29) is 24.1 Å². The smallest absolute Gasteiger partial charge is 0.238 e. The molecule has 0 amide bonds. The molecule has 0 aliphatic rings. The second-order valence-corrected chi connectivity index (χ2v) is 6.61. The van der Waals surface area contributed by atoms with Gasteiger partial charge in [-0.3, -0.25) is 4.98 Å². The van der Waals surface area contributed by atoms with E-state index in [9.17, 15) is 0 Å². The van der Waals surface area contributed by atoms with Crippen LogP contribution in [0.3, 0.4) is 0 Å². The number of ether oxygens (including phenoxy) is 2. The van der Waals surface area contributed by atoms with Crippen LogP contribution in [-0.4, -0.2) is 43.2 Å². The molecule has 3 heterocycles. The van der Waals surface area contributed by atoms with E-state index in [0.717, 1.165) is 16.6 Å². The van der Waals surface area contributed by atoms with Gasteiger partial charge in [0.15, 0.2) is 0 Å². The molecule has 9 nitrogen and oxygen atoms in total. The van der Waals surface area contributed by atoms with Gasteiger partial charge in [-0.05, 0) is 25.1 Å². The van der Waals surface area contributed by atoms with E-state index in [1.165, 1.54) is 12.5 Å². The summed E-state index contributed by atoms with van der Waals surface area (Å²) in [4.78, 5) is 21.3. The molecule has 1 aromatic carbocycles. The second kappa shape index (κ2) is 8.85. The molecule has 0 saturated carbocycles. The van der Waals surface area contributed by atoms with Gasteiger partial charge in [0.05, 0.1) is 36.4 Å². The summed E-state index contributed by atoms with van der Waals surface area (Å²) in [7, 11) is 0. The van der Waals surface area contributed by atoms with Gasteiger partial charge in [-0.2, -0.15) is 0 Å². The van der Waals surface area contributed by atoms with E-state index in [1.54, 1.807) is 30.6 Å². The maximum atomic E-state index is 8.83. The first-order chi connectivity index (χ1) is 14.6. The highest BCUT2D eigenvalue weighted by Crippen LogP contribution is 2.32. The first-order valence-corrected chi connectivity index (χ1v) is 9.37. The summed E-state index contributed by atoms with van der Waals surface area (Å²) in [6.07, 6.45) is 6.25. The van der Waals surface area contributed by atoms with Crippen molar-refractivity contribution in [2.75, 3.05) is 18.5 Å². The number of rotatable bonds is 7. The van der Waals surface area contributed by atoms with Crippen LogP contribution in [0.25, 0.3) is 10.9 Å². The fourth-order valence-electron chi connectivity index (χ4n) is 2.61. The van der Waals surface area contributed by atoms with Crippen molar-refractivity contribution < 1.29 is 14.6 Å². The van der Waals surface area contributed by atoms with Crippen LogP contribution < -0.4 is 14.8 Å². The Hall–Kier alpha value is -3.56. The van der Waals surface area contributed by atoms with E-state index >= 15 is 0 Å². The lowest BCUT2D eigenvalue weighted by atomic mass is 10.2. The molecule has 152 valence electrons. The first kappa shape index (κ1) is 19.7. The summed E-state index contributed by atoms with van der Waals surface area (Å²) in [6.45, 7) is 1.93. The number of benzene rings is 1. The molecular formula is C20H17ClN6O3. The Morgan fingerprint density at radius 1 is 1.00 bits per heavy atom. The highest BCUT2D eigenvalue weighted by atomic mass is 35.5. The quantitative estimate of drug-likeness (QED) is 0.458. The first-order valence-electron chi connectivity index (χ1n) is 9.00. The Balaban J connectivity index is 1.60. The topological polar surface area (TPSA) is 115 Å². The minimum Gasteiger partial charge on any atom is -0.490 e. The molecule has 30 heavy (non-hydrogen) atoms. The standard InChI is InChI=1S/C20H17ClN6O3/c1-12-8-23-18(10-22-12)27-19-15-6-13(2-3-17(15)25-11-26-19)30-20-16(21)7-14(9-24-20)29-5-4-28/h2-3,6-11,28H,4-5H2,1H3,(H,23,25,26,27). The average Bonchev–Trinajstić information content (AvgIpc) is 2.76. The number of aryl methyl sites for hydroxylation is 1. The van der Waals surface area contributed by atoms with Gasteiger partial charge in [0.1, 0.15) is 41.1 Å². The summed E-state index contributed by atoms with van der Waals surface area (Å²) >= 11 is 6.25. The fraction of sp³-hybridized carbons (Fsp3) is 0.150. The Labute approximate surface area is 176 Å². The molecule has 0 radical (unpaired) electrons. The van der Waals surface area contributed by atoms with E-state index in [0.29, 0.717) is 23.1 Å². The predicted molar refractivity (Wildman–Crippen MR) is 111 cm³/mol. The summed E-state index contributed by atoms with van der Waals surface area (Å²) in [6, 6.07) is 6.93. The number of nitrogens with zero attached hydrogens (tertiary/aromatic N) is 5. The molecule has 0 fully saturated rings. The van der Waals surface area contributed by atoms with Crippen LogP contribution in [0.15, 0.2) is 49.2 Å². The second-order valence-electron chi connectivity index (χ2n) is 6.20. The fourth-order valence-corrected chi connectivity index (χ4v) is 2.81. The van der Waals surface area contributed by atoms with Gasteiger partial charge in [-0.25, -0.2) is 19.9 Å². The Morgan fingerprint density at radius 3 is 2.67 bits per heavy atom. The number of aromatic nitrogens is 5. The normalized spacial score (nSPS) is 10.8. The highest BCUT2D eigenvalue weighted by molar-refractivity contribution is 6.32. The zero-order chi connectivity index (χ0) is 20.9. The van der Waals surface area contributed by atoms with Crippen LogP contribution >= 0.6 is 11.6 Å². The highest BCUT2D eigenvalue weighted by Gasteiger charge is 2.11. The van der Waals surface area contributed by atoms with Gasteiger partial charge >= 0.3 is 0 Å². The summed E-state index contributed by atoms with van der Waals surface area (Å²) in [5, 5.41) is 13.0. The SMILES string of the molecule is Cc1cnc(Nc2ncnc3ccc(Oc4ncc(OCCO)cc4Cl)cc23)cn1. The number of aliphatic hydroxyl groups is 1. The largest absolute Gasteiger partial charge is 0.490 e. The number of pyridine rings is 1. The van der Waals surface area contributed by atoms with Gasteiger partial charge in [-0.1, -0.05) is 11.6 Å². The van der Waals surface area contributed by atoms with Crippen molar-refractivity contribution in [3.8, 4) is 17.4 Å². The van der Waals surface area contributed by atoms with Gasteiger partial charge in [0, 0.05) is 11.5 Å². The van der Waals surface area contributed by atoms with Crippen LogP contribution in [0.4, 0.5) is 11.6 Å². The van der Waals surface area contributed by atoms with Crippen LogP contribution in [0.2, 0.25) is 5.02 Å². The van der Waals surface area contributed by atoms with Gasteiger partial charge in [0.2, 0.25) is 5.88 Å². The van der Waals surface area contributed by atoms with E-state index in [4.69, 9.17) is 26.2 Å². The van der Waals surface area contributed by atoms with Crippen LogP contribution in [-0.2, 0) is 0 Å². The number of aliphatic hydroxyl groups excluding tert-OH is 1. The molecule has 0 saturated heterocycles. The van der Waals surface area contributed by atoms with E-state index < -0.39 is 0 Å². The van der Waals surface area contributed by atoms with Gasteiger partial charge < -0.3 is 19.9 Å². The van der Waals surface area contributed by atoms with Crippen molar-refractivity contribution in [1.29, 1.82) is 0 Å². The summed E-state index contributed by atoms with van der Waals surface area (Å²) in [5.74, 6) is 2.31. The number of fused-ring (bicyclic) bond motifs is 1. The molecule has 0 bridgehead atoms. The molecule has 4 aromatic rings. The third-order valence-electron chi connectivity index (χ3n) is 3.99. The van der Waals surface area contributed by atoms with Gasteiger partial charge in [0.25, 0.3) is 0 Å². The predicted octanol–water partition coefficient (Wildman–Crippen LogP) is 3.68. The van der Waals surface area contributed by atoms with Crippen LogP contribution in [0.1, 0.15) is 5.69 Å². The number of nitrogens with one attached hydrogen (secondary N) is 1. The molecule has 10 heteroatoms. The number of halogens is 1. The van der Waals surface area contributed by atoms with Crippen LogP contribution in [0.5, 0.6) is 17.4 Å². The zero-order valence-electron chi connectivity index (χ0n) is 15.9. The maximum absolute atomic E-state index is 8.83. The summed E-state index contributed by atoms with van der Waals surface area (Å²) < 4.78 is 11.1. The third-order valence-corrected chi connectivity index (χ3v) is 4.26. The molecule has 0 unspecified atom stereocenters. The lowest BCUT2D eigenvalue weighted by molar-refractivity contribution is 0.201. The zero-order valence-corrected chi connectivity index (χ0v) is 16.7. The number of hydrogen-bond acceptors (Lipinski definition) is 9. The minimum absolute atomic E-state index is 0.0976. The van der Waals surface area contributed by atoms with Crippen LogP contribution in [0, 0.1) is 6.92 Å². The van der Waals surface area contributed by atoms with Crippen molar-refractivity contribution in [3.63, 3.8) is 0 Å². The Bertz CT molecular complexity index is 1170. The number of anilines is 2. The van der Waals surface area contributed by atoms with Crippen molar-refractivity contribution in [2.45, 2.75) is 6.92 Å². The molecular weight excluding hydrogens is 408 g/mol. The Morgan fingerprint density at radius 2 is 1.90 bits per heavy atom. The third kappa shape index (κ3) is 4.53. The van der Waals surface area contributed by atoms with Crippen molar-refractivity contribution >= 4 is 34.1 Å². The summed E-state index contributed by atoms with van der Waals surface area (Å²) in [5.41, 5.74) is 1.55. The maximum Gasteiger partial charge on any atom is 0.238 e. The van der Waals surface area contributed by atoms with Crippen molar-refractivity contribution in [3.05, 3.63) is 59.9 Å². The van der Waals surface area contributed by atoms with Crippen molar-refractivity contribution in [2.24, 2.45) is 0 Å². The molecule has 3 aromatic heterocycles. The molecule has 4 rings (SSSR count). The molecule has 0 aliphatic heterocycles. The minimum atomic E-state index is -0.0976. The van der Waals surface area contributed by atoms with E-state index in [2.05, 4.69) is 30.2 Å². The Kier molecular flexibility index (Phi) is 5.82. The lowest BCUT2D eigenvalue weighted by Gasteiger charge is -2.11. The average molecular weight is 425 g/mol.